The maximum atomic E-state index is 13.6. The predicted molar refractivity (Wildman–Crippen MR) is 97.1 cm³/mol. The Morgan fingerprint density at radius 1 is 1.28 bits per heavy atom. The summed E-state index contributed by atoms with van der Waals surface area (Å²) in [4.78, 5) is 10.3. The number of methoxy groups -OCH3 is 1. The Morgan fingerprint density at radius 3 is 2.86 bits per heavy atom. The van der Waals surface area contributed by atoms with E-state index in [-0.39, 0.29) is 28.8 Å². The van der Waals surface area contributed by atoms with Crippen LogP contribution in [0.5, 0.6) is 5.75 Å². The minimum absolute atomic E-state index is 0.0565. The van der Waals surface area contributed by atoms with Gasteiger partial charge in [-0.15, -0.1) is 0 Å². The van der Waals surface area contributed by atoms with Crippen molar-refractivity contribution in [1.29, 1.82) is 0 Å². The molecule has 0 amide bonds. The van der Waals surface area contributed by atoms with Crippen LogP contribution in [0.4, 0.5) is 23.4 Å². The molecule has 0 saturated heterocycles. The van der Waals surface area contributed by atoms with Crippen molar-refractivity contribution in [3.8, 4) is 5.75 Å². The van der Waals surface area contributed by atoms with Crippen LogP contribution in [-0.4, -0.2) is 35.3 Å². The van der Waals surface area contributed by atoms with Crippen molar-refractivity contribution >= 4 is 16.9 Å². The van der Waals surface area contributed by atoms with Crippen molar-refractivity contribution in [3.63, 3.8) is 0 Å². The summed E-state index contributed by atoms with van der Waals surface area (Å²) < 4.78 is 63.7. The molecule has 1 aliphatic rings. The normalized spacial score (nSPS) is 19.1. The summed E-state index contributed by atoms with van der Waals surface area (Å²) in [6, 6.07) is 4.86. The molecule has 154 valence electrons. The highest BCUT2D eigenvalue weighted by atomic mass is 19.4. The standard InChI is InChI=1S/C19H18F4N4O2/c1-28-5-4-10-8-29-14-6-11(20)2-3-12(14)16(10)27-18-13-7-15(19(21,22)23)26-17(13)24-9-25-18/h2-3,6-7,9-10,16H,4-5,8H2,1H3,(H2,24,25,26,27). The first-order valence-corrected chi connectivity index (χ1v) is 8.95. The highest BCUT2D eigenvalue weighted by molar-refractivity contribution is 5.88. The molecule has 2 aromatic heterocycles. The van der Waals surface area contributed by atoms with Crippen molar-refractivity contribution in [2.45, 2.75) is 18.6 Å². The zero-order valence-corrected chi connectivity index (χ0v) is 15.4. The topological polar surface area (TPSA) is 72.1 Å². The average molecular weight is 410 g/mol. The van der Waals surface area contributed by atoms with Gasteiger partial charge in [0, 0.05) is 31.3 Å². The number of rotatable bonds is 5. The highest BCUT2D eigenvalue weighted by Gasteiger charge is 2.35. The fourth-order valence-corrected chi connectivity index (χ4v) is 3.51. The highest BCUT2D eigenvalue weighted by Crippen LogP contribution is 2.40. The van der Waals surface area contributed by atoms with Crippen LogP contribution in [0, 0.1) is 11.7 Å². The van der Waals surface area contributed by atoms with Crippen molar-refractivity contribution in [3.05, 3.63) is 47.7 Å². The van der Waals surface area contributed by atoms with Gasteiger partial charge in [-0.05, 0) is 18.6 Å². The lowest BCUT2D eigenvalue weighted by Crippen LogP contribution is -2.32. The first kappa shape index (κ1) is 19.4. The molecule has 0 fully saturated rings. The maximum absolute atomic E-state index is 13.6. The lowest BCUT2D eigenvalue weighted by atomic mass is 9.88. The van der Waals surface area contributed by atoms with Gasteiger partial charge in [0.1, 0.15) is 35.1 Å². The summed E-state index contributed by atoms with van der Waals surface area (Å²) >= 11 is 0. The lowest BCUT2D eigenvalue weighted by molar-refractivity contribution is -0.140. The quantitative estimate of drug-likeness (QED) is 0.613. The Balaban J connectivity index is 1.73. The SMILES string of the molecule is COCCC1COc2cc(F)ccc2C1Nc1ncnc2[nH]c(C(F)(F)F)cc12. The van der Waals surface area contributed by atoms with E-state index in [0.29, 0.717) is 30.9 Å². The zero-order chi connectivity index (χ0) is 20.6. The van der Waals surface area contributed by atoms with E-state index in [9.17, 15) is 17.6 Å². The summed E-state index contributed by atoms with van der Waals surface area (Å²) in [6.45, 7) is 0.789. The minimum Gasteiger partial charge on any atom is -0.493 e. The van der Waals surface area contributed by atoms with E-state index in [2.05, 4.69) is 20.3 Å². The van der Waals surface area contributed by atoms with Crippen LogP contribution in [0.3, 0.4) is 0 Å². The Morgan fingerprint density at radius 2 is 2.10 bits per heavy atom. The third-order valence-electron chi connectivity index (χ3n) is 4.95. The second-order valence-corrected chi connectivity index (χ2v) is 6.82. The summed E-state index contributed by atoms with van der Waals surface area (Å²) in [5.41, 5.74) is -0.117. The van der Waals surface area contributed by atoms with E-state index in [1.54, 1.807) is 13.2 Å². The van der Waals surface area contributed by atoms with Gasteiger partial charge in [0.15, 0.2) is 0 Å². The van der Waals surface area contributed by atoms with E-state index >= 15 is 0 Å². The molecule has 1 aliphatic heterocycles. The smallest absolute Gasteiger partial charge is 0.431 e. The largest absolute Gasteiger partial charge is 0.493 e. The number of fused-ring (bicyclic) bond motifs is 2. The molecular weight excluding hydrogens is 392 g/mol. The van der Waals surface area contributed by atoms with Gasteiger partial charge in [-0.3, -0.25) is 0 Å². The number of aromatic amines is 1. The number of nitrogens with zero attached hydrogens (tertiary/aromatic N) is 2. The lowest BCUT2D eigenvalue weighted by Gasteiger charge is -2.34. The zero-order valence-electron chi connectivity index (χ0n) is 15.4. The van der Waals surface area contributed by atoms with Crippen molar-refractivity contribution in [1.82, 2.24) is 15.0 Å². The summed E-state index contributed by atoms with van der Waals surface area (Å²) in [6.07, 6.45) is -2.70. The second-order valence-electron chi connectivity index (χ2n) is 6.82. The fraction of sp³-hybridized carbons (Fsp3) is 0.368. The average Bonchev–Trinajstić information content (AvgIpc) is 3.13. The number of nitrogens with one attached hydrogen (secondary N) is 2. The van der Waals surface area contributed by atoms with Gasteiger partial charge in [0.2, 0.25) is 0 Å². The second kappa shape index (κ2) is 7.51. The van der Waals surface area contributed by atoms with Crippen molar-refractivity contribution in [2.24, 2.45) is 5.92 Å². The van der Waals surface area contributed by atoms with Crippen LogP contribution >= 0.6 is 0 Å². The molecule has 1 aromatic carbocycles. The number of anilines is 1. The minimum atomic E-state index is -4.53. The van der Waals surface area contributed by atoms with Gasteiger partial charge in [0.05, 0.1) is 18.0 Å². The number of halogens is 4. The van der Waals surface area contributed by atoms with E-state index < -0.39 is 17.7 Å². The number of H-pyrrole nitrogens is 1. The number of hydrogen-bond donors (Lipinski definition) is 2. The third kappa shape index (κ3) is 3.84. The molecule has 3 aromatic rings. The Hall–Kier alpha value is -2.88. The molecule has 0 saturated carbocycles. The molecule has 0 bridgehead atoms. The van der Waals surface area contributed by atoms with Crippen molar-refractivity contribution < 1.29 is 27.0 Å². The molecular formula is C19H18F4N4O2. The van der Waals surface area contributed by atoms with E-state index in [0.717, 1.165) is 6.07 Å². The number of ether oxygens (including phenoxy) is 2. The molecule has 10 heteroatoms. The number of alkyl halides is 3. The molecule has 0 aliphatic carbocycles. The maximum Gasteiger partial charge on any atom is 0.431 e. The van der Waals surface area contributed by atoms with Crippen molar-refractivity contribution in [2.75, 3.05) is 25.6 Å². The van der Waals surface area contributed by atoms with Gasteiger partial charge in [0.25, 0.3) is 0 Å². The first-order valence-electron chi connectivity index (χ1n) is 8.95. The van der Waals surface area contributed by atoms with Gasteiger partial charge < -0.3 is 19.8 Å². The van der Waals surface area contributed by atoms with E-state index in [1.165, 1.54) is 18.5 Å². The Kier molecular flexibility index (Phi) is 5.03. The molecule has 2 atom stereocenters. The van der Waals surface area contributed by atoms with Crippen LogP contribution in [0.25, 0.3) is 11.0 Å². The molecule has 29 heavy (non-hydrogen) atoms. The predicted octanol–water partition coefficient (Wildman–Crippen LogP) is 4.31. The van der Waals surface area contributed by atoms with Gasteiger partial charge in [-0.1, -0.05) is 6.07 Å². The van der Waals surface area contributed by atoms with Gasteiger partial charge in [-0.25, -0.2) is 14.4 Å². The number of benzene rings is 1. The van der Waals surface area contributed by atoms with Crippen LogP contribution in [-0.2, 0) is 10.9 Å². The number of hydrogen-bond acceptors (Lipinski definition) is 5. The van der Waals surface area contributed by atoms with E-state index in [4.69, 9.17) is 9.47 Å². The van der Waals surface area contributed by atoms with Gasteiger partial charge >= 0.3 is 6.18 Å². The van der Waals surface area contributed by atoms with Gasteiger partial charge in [-0.2, -0.15) is 13.2 Å². The molecule has 4 rings (SSSR count). The molecule has 3 heterocycles. The van der Waals surface area contributed by atoms with Crippen LogP contribution < -0.4 is 10.1 Å². The fourth-order valence-electron chi connectivity index (χ4n) is 3.51. The van der Waals surface area contributed by atoms with E-state index in [1.807, 2.05) is 0 Å². The summed E-state index contributed by atoms with van der Waals surface area (Å²) in [5.74, 6) is 0.166. The molecule has 6 nitrogen and oxygen atoms in total. The van der Waals surface area contributed by atoms with Crippen LogP contribution in [0.2, 0.25) is 0 Å². The van der Waals surface area contributed by atoms with Crippen LogP contribution in [0.1, 0.15) is 23.7 Å². The third-order valence-corrected chi connectivity index (χ3v) is 4.95. The van der Waals surface area contributed by atoms with Crippen LogP contribution in [0.15, 0.2) is 30.6 Å². The number of aromatic nitrogens is 3. The monoisotopic (exact) mass is 410 g/mol. The molecule has 0 spiro atoms. The Bertz CT molecular complexity index is 1020. The Labute approximate surface area is 163 Å². The summed E-state index contributed by atoms with van der Waals surface area (Å²) in [7, 11) is 1.59. The molecule has 2 unspecified atom stereocenters. The molecule has 2 N–H and O–H groups in total. The molecule has 0 radical (unpaired) electrons. The first-order chi connectivity index (χ1) is 13.9. The summed E-state index contributed by atoms with van der Waals surface area (Å²) in [5, 5.41) is 3.45.